The van der Waals surface area contributed by atoms with Crippen LogP contribution in [-0.4, -0.2) is 23.6 Å². The summed E-state index contributed by atoms with van der Waals surface area (Å²) < 4.78 is 19.2. The van der Waals surface area contributed by atoms with Gasteiger partial charge in [-0.3, -0.25) is 9.59 Å². The molecule has 4 fully saturated rings. The van der Waals surface area contributed by atoms with E-state index in [-0.39, 0.29) is 28.7 Å². The van der Waals surface area contributed by atoms with Crippen molar-refractivity contribution in [2.45, 2.75) is 168 Å². The molecule has 0 saturated heterocycles. The Balaban J connectivity index is 0.914. The van der Waals surface area contributed by atoms with E-state index in [1.54, 1.807) is 0 Å². The molecule has 0 amide bonds. The summed E-state index contributed by atoms with van der Waals surface area (Å²) in [7, 11) is 0. The summed E-state index contributed by atoms with van der Waals surface area (Å²) in [5.41, 5.74) is 3.71. The number of allylic oxidation sites excluding steroid dienone is 4. The molecule has 0 unspecified atom stereocenters. The Labute approximate surface area is 325 Å². The third-order valence-corrected chi connectivity index (χ3v) is 16.6. The van der Waals surface area contributed by atoms with E-state index in [9.17, 15) is 9.59 Å². The van der Waals surface area contributed by atoms with Gasteiger partial charge in [0.2, 0.25) is 0 Å². The van der Waals surface area contributed by atoms with Gasteiger partial charge in [-0.2, -0.15) is 0 Å². The Morgan fingerprint density at radius 1 is 0.889 bits per heavy atom. The number of hydrogen-bond donors (Lipinski definition) is 0. The number of carbonyl (C=O) groups is 2. The van der Waals surface area contributed by atoms with Gasteiger partial charge in [-0.15, -0.1) is 6.42 Å². The lowest BCUT2D eigenvalue weighted by Crippen LogP contribution is -2.53. The first-order valence-corrected chi connectivity index (χ1v) is 22.1. The van der Waals surface area contributed by atoms with Crippen molar-refractivity contribution in [3.63, 3.8) is 0 Å². The normalized spacial score (nSPS) is 39.0. The lowest BCUT2D eigenvalue weighted by atomic mass is 9.51. The number of aryl methyl sites for hydroxylation is 1. The molecule has 0 N–H and O–H groups in total. The fraction of sp³-hybridized carbons (Fsp3) is 0.714. The average Bonchev–Trinajstić information content (AvgIpc) is 3.65. The summed E-state index contributed by atoms with van der Waals surface area (Å²) in [5, 5.41) is 0. The molecule has 0 spiro atoms. The number of hydrogen-bond acceptors (Lipinski definition) is 5. The van der Waals surface area contributed by atoms with Crippen LogP contribution in [-0.2, 0) is 25.5 Å². The van der Waals surface area contributed by atoms with Crippen molar-refractivity contribution in [3.05, 3.63) is 52.8 Å². The summed E-state index contributed by atoms with van der Waals surface area (Å²) >= 11 is 0. The lowest BCUT2D eigenvalue weighted by Gasteiger charge is -2.54. The van der Waals surface area contributed by atoms with Crippen molar-refractivity contribution in [2.75, 3.05) is 0 Å². The molecule has 54 heavy (non-hydrogen) atoms. The van der Waals surface area contributed by atoms with Gasteiger partial charge in [0, 0.05) is 23.7 Å². The van der Waals surface area contributed by atoms with Crippen LogP contribution in [0, 0.1) is 64.6 Å². The van der Waals surface area contributed by atoms with E-state index < -0.39 is 5.60 Å². The fourth-order valence-electron chi connectivity index (χ4n) is 13.6. The molecule has 5 nitrogen and oxygen atoms in total. The molecule has 0 aromatic heterocycles. The Bertz CT molecular complexity index is 1710. The molecule has 0 heterocycles. The van der Waals surface area contributed by atoms with Crippen LogP contribution in [0.15, 0.2) is 41.7 Å². The van der Waals surface area contributed by atoms with Crippen LogP contribution in [0.1, 0.15) is 161 Å². The van der Waals surface area contributed by atoms with Crippen molar-refractivity contribution in [1.82, 2.24) is 0 Å². The van der Waals surface area contributed by atoms with Gasteiger partial charge in [0.25, 0.3) is 0 Å². The first-order valence-electron chi connectivity index (χ1n) is 22.1. The Morgan fingerprint density at radius 3 is 2.54 bits per heavy atom. The van der Waals surface area contributed by atoms with Gasteiger partial charge in [-0.25, -0.2) is 0 Å². The molecule has 11 atom stereocenters. The van der Waals surface area contributed by atoms with Crippen LogP contribution < -0.4 is 4.74 Å². The first kappa shape index (κ1) is 37.9. The molecule has 1 aromatic carbocycles. The average molecular weight is 735 g/mol. The van der Waals surface area contributed by atoms with E-state index >= 15 is 0 Å². The van der Waals surface area contributed by atoms with Crippen LogP contribution >= 0.6 is 0 Å². The minimum atomic E-state index is -0.759. The van der Waals surface area contributed by atoms with Gasteiger partial charge in [0.15, 0.2) is 5.60 Å². The number of ether oxygens (including phenoxy) is 3. The topological polar surface area (TPSA) is 61.8 Å². The van der Waals surface area contributed by atoms with E-state index in [1.165, 1.54) is 61.0 Å². The third-order valence-electron chi connectivity index (χ3n) is 16.6. The number of fused-ring (bicyclic) bond motifs is 10. The highest BCUT2D eigenvalue weighted by atomic mass is 16.6. The third kappa shape index (κ3) is 6.38. The number of rotatable bonds is 10. The van der Waals surface area contributed by atoms with E-state index in [4.69, 9.17) is 20.6 Å². The minimum Gasteiger partial charge on any atom is -0.494 e. The van der Waals surface area contributed by atoms with Crippen LogP contribution in [0.4, 0.5) is 0 Å². The molecule has 7 aliphatic rings. The Hall–Kier alpha value is -3.00. The van der Waals surface area contributed by atoms with Crippen molar-refractivity contribution in [2.24, 2.45) is 52.3 Å². The van der Waals surface area contributed by atoms with Gasteiger partial charge in [-0.1, -0.05) is 71.9 Å². The van der Waals surface area contributed by atoms with Crippen LogP contribution in [0.25, 0.3) is 0 Å². The number of terminal acetylenes is 1. The van der Waals surface area contributed by atoms with Gasteiger partial charge in [-0.05, 0) is 160 Å². The SMILES string of the molecule is C#C[C@]1(OC(=O)CCCCCC)CC[C@H]2[C@@H]3CC=C4C=C(O[C@H]5CC[C@H]6[C@@H]7CCc8cc(OC(=O)C(C)C)ccc8[C@H]7CC[C@]56C)CC[C@@H]4[C@H]3CC[C@@]21C. The molecular weight excluding hydrogens is 669 g/mol. The predicted octanol–water partition coefficient (Wildman–Crippen LogP) is 11.4. The second-order valence-corrected chi connectivity index (χ2v) is 19.5. The molecule has 5 heteroatoms. The predicted molar refractivity (Wildman–Crippen MR) is 213 cm³/mol. The molecule has 1 aromatic rings. The molecular formula is C49H66O5. The zero-order valence-electron chi connectivity index (χ0n) is 33.9. The quantitative estimate of drug-likeness (QED) is 0.104. The number of esters is 2. The lowest BCUT2D eigenvalue weighted by molar-refractivity contribution is -0.170. The van der Waals surface area contributed by atoms with Gasteiger partial charge >= 0.3 is 11.9 Å². The number of benzene rings is 1. The van der Waals surface area contributed by atoms with Gasteiger partial charge < -0.3 is 14.2 Å². The molecule has 0 radical (unpaired) electrons. The summed E-state index contributed by atoms with van der Waals surface area (Å²) in [6.07, 6.45) is 30.9. The Kier molecular flexibility index (Phi) is 10.4. The fourth-order valence-corrected chi connectivity index (χ4v) is 13.6. The van der Waals surface area contributed by atoms with Crippen molar-refractivity contribution < 1.29 is 23.8 Å². The smallest absolute Gasteiger partial charge is 0.313 e. The summed E-state index contributed by atoms with van der Waals surface area (Å²) in [6.45, 7) is 10.9. The number of unbranched alkanes of at least 4 members (excludes halogenated alkanes) is 3. The zero-order valence-corrected chi connectivity index (χ0v) is 33.9. The molecule has 8 rings (SSSR count). The molecule has 292 valence electrons. The first-order chi connectivity index (χ1) is 26.0. The van der Waals surface area contributed by atoms with E-state index in [2.05, 4.69) is 51.0 Å². The molecule has 0 aliphatic heterocycles. The Morgan fingerprint density at radius 2 is 1.74 bits per heavy atom. The van der Waals surface area contributed by atoms with Crippen LogP contribution in [0.3, 0.4) is 0 Å². The van der Waals surface area contributed by atoms with E-state index in [0.29, 0.717) is 59.7 Å². The van der Waals surface area contributed by atoms with E-state index in [1.807, 2.05) is 19.9 Å². The van der Waals surface area contributed by atoms with Crippen molar-refractivity contribution in [3.8, 4) is 18.1 Å². The summed E-state index contributed by atoms with van der Waals surface area (Å²) in [6, 6.07) is 6.44. The van der Waals surface area contributed by atoms with Gasteiger partial charge in [0.05, 0.1) is 11.7 Å². The molecule has 4 saturated carbocycles. The van der Waals surface area contributed by atoms with Crippen molar-refractivity contribution >= 4 is 11.9 Å². The maximum Gasteiger partial charge on any atom is 0.313 e. The van der Waals surface area contributed by atoms with Gasteiger partial charge in [0.1, 0.15) is 11.9 Å². The monoisotopic (exact) mass is 734 g/mol. The number of carbonyl (C=O) groups excluding carboxylic acids is 2. The second kappa shape index (κ2) is 14.8. The van der Waals surface area contributed by atoms with E-state index in [0.717, 1.165) is 70.6 Å². The zero-order chi connectivity index (χ0) is 37.8. The van der Waals surface area contributed by atoms with Crippen molar-refractivity contribution in [1.29, 1.82) is 0 Å². The standard InChI is InChI=1S/C49H66O5/c1-7-9-10-11-12-45(50)54-49(8-2)28-25-43-41-18-14-32-29-34(15-19-37(32)39(41)24-27-48(43,49)6)52-44-22-21-42-40-17-13-33-30-35(53-46(51)31(3)4)16-20-36(33)38(40)23-26-47(42,44)5/h2,14,16,20,29-31,37-44H,7,9-13,15,17-19,21-28H2,1,3-6H3/t37-,38+,39+,40+,41+,42-,43-,44-,47-,48-,49-/m0/s1. The highest BCUT2D eigenvalue weighted by molar-refractivity contribution is 5.74. The summed E-state index contributed by atoms with van der Waals surface area (Å²) in [4.78, 5) is 25.3. The molecule has 7 aliphatic carbocycles. The highest BCUT2D eigenvalue weighted by Crippen LogP contribution is 2.66. The summed E-state index contributed by atoms with van der Waals surface area (Å²) in [5.74, 6) is 9.02. The maximum atomic E-state index is 13.1. The minimum absolute atomic E-state index is 0.0930. The van der Waals surface area contributed by atoms with Crippen LogP contribution in [0.5, 0.6) is 5.75 Å². The highest BCUT2D eigenvalue weighted by Gasteiger charge is 2.64. The molecule has 0 bridgehead atoms. The largest absolute Gasteiger partial charge is 0.494 e. The van der Waals surface area contributed by atoms with Crippen LogP contribution in [0.2, 0.25) is 0 Å². The second-order valence-electron chi connectivity index (χ2n) is 19.5. The maximum absolute atomic E-state index is 13.1.